The molecule has 0 saturated carbocycles. The monoisotopic (exact) mass is 324 g/mol. The molecule has 0 spiro atoms. The van der Waals surface area contributed by atoms with Crippen molar-refractivity contribution in [2.24, 2.45) is 7.05 Å². The first kappa shape index (κ1) is 13.4. The Labute approximate surface area is 137 Å². The van der Waals surface area contributed by atoms with Gasteiger partial charge in [-0.3, -0.25) is 4.57 Å². The molecule has 108 valence electrons. The molecule has 1 aromatic carbocycles. The minimum absolute atomic E-state index is 0.380. The van der Waals surface area contributed by atoms with Crippen molar-refractivity contribution in [3.63, 3.8) is 0 Å². The highest BCUT2D eigenvalue weighted by Crippen LogP contribution is 2.35. The van der Waals surface area contributed by atoms with E-state index in [9.17, 15) is 0 Å². The highest BCUT2D eigenvalue weighted by atomic mass is 32.1. The molecule has 0 N–H and O–H groups in total. The number of rotatable bonds is 1. The molecule has 0 aliphatic heterocycles. The quantitative estimate of drug-likeness (QED) is 0.452. The van der Waals surface area contributed by atoms with Crippen LogP contribution < -0.4 is 0 Å². The first-order valence-corrected chi connectivity index (χ1v) is 7.68. The Morgan fingerprint density at radius 1 is 0.955 bits per heavy atom. The van der Waals surface area contributed by atoms with Crippen LogP contribution in [-0.2, 0) is 7.05 Å². The van der Waals surface area contributed by atoms with Crippen molar-refractivity contribution in [2.75, 3.05) is 0 Å². The molecule has 0 amide bonds. The zero-order chi connectivity index (χ0) is 15.3. The van der Waals surface area contributed by atoms with Crippen LogP contribution in [0.15, 0.2) is 59.1 Å². The predicted molar refractivity (Wildman–Crippen MR) is 93.2 cm³/mol. The van der Waals surface area contributed by atoms with Crippen molar-refractivity contribution >= 4 is 41.1 Å². The molecule has 4 aromatic rings. The standard InChI is InChI=1S/C17H12N2OS2/c1-18-16(21)14-15(20-17(18)22)13(11-7-3-2-4-8-11)12-9-5-6-10-19(12)14/h2-10H,1H3. The van der Waals surface area contributed by atoms with Crippen molar-refractivity contribution in [1.82, 2.24) is 8.97 Å². The molecule has 0 saturated heterocycles. The molecule has 22 heavy (non-hydrogen) atoms. The summed E-state index contributed by atoms with van der Waals surface area (Å²) in [5, 5.41) is 0. The molecule has 0 unspecified atom stereocenters. The second-order valence-corrected chi connectivity index (χ2v) is 5.84. The maximum absolute atomic E-state index is 5.93. The van der Waals surface area contributed by atoms with Crippen LogP contribution in [0.1, 0.15) is 0 Å². The van der Waals surface area contributed by atoms with Gasteiger partial charge in [0.2, 0.25) is 0 Å². The Morgan fingerprint density at radius 3 is 2.45 bits per heavy atom. The second-order valence-electron chi connectivity index (χ2n) is 5.11. The Balaban J connectivity index is 2.34. The summed E-state index contributed by atoms with van der Waals surface area (Å²) in [7, 11) is 1.83. The molecule has 3 heterocycles. The minimum Gasteiger partial charge on any atom is -0.428 e. The smallest absolute Gasteiger partial charge is 0.269 e. The van der Waals surface area contributed by atoms with Crippen molar-refractivity contribution < 1.29 is 4.42 Å². The van der Waals surface area contributed by atoms with Crippen LogP contribution in [-0.4, -0.2) is 8.97 Å². The molecule has 0 atom stereocenters. The van der Waals surface area contributed by atoms with E-state index in [0.29, 0.717) is 9.48 Å². The van der Waals surface area contributed by atoms with Crippen LogP contribution in [0, 0.1) is 9.48 Å². The van der Waals surface area contributed by atoms with Crippen molar-refractivity contribution in [2.45, 2.75) is 0 Å². The van der Waals surface area contributed by atoms with Gasteiger partial charge in [-0.2, -0.15) is 0 Å². The van der Waals surface area contributed by atoms with Gasteiger partial charge in [0, 0.05) is 13.2 Å². The van der Waals surface area contributed by atoms with Crippen LogP contribution in [0.25, 0.3) is 27.7 Å². The van der Waals surface area contributed by atoms with Crippen molar-refractivity contribution in [3.05, 3.63) is 64.2 Å². The third-order valence-electron chi connectivity index (χ3n) is 3.83. The SMILES string of the molecule is Cn1c(=S)oc2c(-c3ccccc3)c3ccccn3c2c1=S. The molecule has 0 radical (unpaired) electrons. The Kier molecular flexibility index (Phi) is 2.99. The lowest BCUT2D eigenvalue weighted by Gasteiger charge is -2.01. The second kappa shape index (κ2) is 4.90. The fourth-order valence-electron chi connectivity index (χ4n) is 2.77. The molecule has 0 aliphatic rings. The van der Waals surface area contributed by atoms with Gasteiger partial charge in [0.25, 0.3) is 4.84 Å². The first-order valence-electron chi connectivity index (χ1n) is 6.87. The van der Waals surface area contributed by atoms with Gasteiger partial charge in [0.1, 0.15) is 10.2 Å². The molecule has 3 nitrogen and oxygen atoms in total. The van der Waals surface area contributed by atoms with E-state index in [2.05, 4.69) is 22.6 Å². The van der Waals surface area contributed by atoms with Crippen molar-refractivity contribution in [1.29, 1.82) is 0 Å². The number of aromatic nitrogens is 2. The summed E-state index contributed by atoms with van der Waals surface area (Å²) < 4.78 is 10.4. The average molecular weight is 324 g/mol. The fourth-order valence-corrected chi connectivity index (χ4v) is 3.27. The van der Waals surface area contributed by atoms with Gasteiger partial charge in [-0.05, 0) is 29.9 Å². The van der Waals surface area contributed by atoms with E-state index < -0.39 is 0 Å². The van der Waals surface area contributed by atoms with E-state index >= 15 is 0 Å². The van der Waals surface area contributed by atoms with Gasteiger partial charge >= 0.3 is 0 Å². The highest BCUT2D eigenvalue weighted by molar-refractivity contribution is 7.72. The van der Waals surface area contributed by atoms with E-state index in [1.54, 1.807) is 4.57 Å². The minimum atomic E-state index is 0.380. The molecule has 3 aromatic heterocycles. The van der Waals surface area contributed by atoms with E-state index in [1.165, 1.54) is 0 Å². The number of benzene rings is 1. The average Bonchev–Trinajstić information content (AvgIpc) is 2.87. The van der Waals surface area contributed by atoms with Crippen LogP contribution >= 0.6 is 24.4 Å². The summed E-state index contributed by atoms with van der Waals surface area (Å²) in [6.45, 7) is 0. The number of hydrogen-bond donors (Lipinski definition) is 0. The topological polar surface area (TPSA) is 22.5 Å². The largest absolute Gasteiger partial charge is 0.428 e. The molecular weight excluding hydrogens is 312 g/mol. The number of fused-ring (bicyclic) bond motifs is 3. The van der Waals surface area contributed by atoms with Crippen LogP contribution in [0.2, 0.25) is 0 Å². The van der Waals surface area contributed by atoms with Crippen molar-refractivity contribution in [3.8, 4) is 11.1 Å². The summed E-state index contributed by atoms with van der Waals surface area (Å²) in [6, 6.07) is 16.2. The number of pyridine rings is 1. The lowest BCUT2D eigenvalue weighted by molar-refractivity contribution is 0.520. The predicted octanol–water partition coefficient (Wildman–Crippen LogP) is 5.15. The van der Waals surface area contributed by atoms with Crippen LogP contribution in [0.3, 0.4) is 0 Å². The van der Waals surface area contributed by atoms with E-state index in [-0.39, 0.29) is 0 Å². The lowest BCUT2D eigenvalue weighted by atomic mass is 10.1. The zero-order valence-corrected chi connectivity index (χ0v) is 13.4. The normalized spacial score (nSPS) is 11.3. The lowest BCUT2D eigenvalue weighted by Crippen LogP contribution is -1.95. The molecule has 5 heteroatoms. The van der Waals surface area contributed by atoms with Crippen LogP contribution in [0.5, 0.6) is 0 Å². The van der Waals surface area contributed by atoms with Gasteiger partial charge in [0.05, 0.1) is 11.1 Å². The summed E-state index contributed by atoms with van der Waals surface area (Å²) in [5.41, 5.74) is 4.78. The third-order valence-corrected chi connectivity index (χ3v) is 4.66. The maximum atomic E-state index is 5.93. The molecule has 0 fully saturated rings. The Hall–Kier alpha value is -2.24. The molecule has 0 bridgehead atoms. The number of nitrogens with zero attached hydrogens (tertiary/aromatic N) is 2. The summed E-state index contributed by atoms with van der Waals surface area (Å²) in [6.07, 6.45) is 2.00. The number of hydrogen-bond acceptors (Lipinski definition) is 3. The summed E-state index contributed by atoms with van der Waals surface area (Å²) in [5.74, 6) is 0. The van der Waals surface area contributed by atoms with E-state index in [4.69, 9.17) is 28.9 Å². The molecular formula is C17H12N2OS2. The molecule has 4 rings (SSSR count). The summed E-state index contributed by atoms with van der Waals surface area (Å²) in [4.78, 5) is 0.380. The van der Waals surface area contributed by atoms with Gasteiger partial charge in [-0.25, -0.2) is 0 Å². The van der Waals surface area contributed by atoms with E-state index in [1.807, 2.05) is 43.6 Å². The van der Waals surface area contributed by atoms with Crippen LogP contribution in [0.4, 0.5) is 0 Å². The zero-order valence-electron chi connectivity index (χ0n) is 11.8. The van der Waals surface area contributed by atoms with Gasteiger partial charge in [-0.15, -0.1) is 0 Å². The highest BCUT2D eigenvalue weighted by Gasteiger charge is 2.17. The van der Waals surface area contributed by atoms with Gasteiger partial charge in [-0.1, -0.05) is 48.6 Å². The third kappa shape index (κ3) is 1.79. The molecule has 0 aliphatic carbocycles. The Morgan fingerprint density at radius 2 is 1.68 bits per heavy atom. The van der Waals surface area contributed by atoms with Gasteiger partial charge in [0.15, 0.2) is 5.58 Å². The first-order chi connectivity index (χ1) is 10.7. The summed E-state index contributed by atoms with van der Waals surface area (Å²) >= 11 is 10.9. The Bertz CT molecular complexity index is 1120. The fraction of sp³-hybridized carbons (Fsp3) is 0.0588. The van der Waals surface area contributed by atoms with Gasteiger partial charge < -0.3 is 8.82 Å². The van der Waals surface area contributed by atoms with E-state index in [0.717, 1.165) is 27.7 Å². The maximum Gasteiger partial charge on any atom is 0.269 e.